The molecule has 0 aliphatic rings. The first kappa shape index (κ1) is 16.7. The Morgan fingerprint density at radius 2 is 1.91 bits per heavy atom. The van der Waals surface area contributed by atoms with Gasteiger partial charge in [-0.2, -0.15) is 4.98 Å². The maximum atomic E-state index is 12.1. The molecule has 2 amide bonds. The molecule has 7 nitrogen and oxygen atoms in total. The largest absolute Gasteiger partial charge is 0.343 e. The van der Waals surface area contributed by atoms with Gasteiger partial charge in [0.15, 0.2) is 5.82 Å². The molecule has 2 rings (SSSR count). The molecule has 7 heteroatoms. The Kier molecular flexibility index (Phi) is 5.46. The van der Waals surface area contributed by atoms with Crippen LogP contribution >= 0.6 is 0 Å². The van der Waals surface area contributed by atoms with Crippen LogP contribution in [-0.2, 0) is 4.79 Å². The number of carbonyl (C=O) groups excluding carboxylic acids is 2. The van der Waals surface area contributed by atoms with Crippen LogP contribution in [0, 0.1) is 12.8 Å². The Morgan fingerprint density at radius 1 is 1.22 bits per heavy atom. The minimum Gasteiger partial charge on any atom is -0.343 e. The number of hydrogen-bond acceptors (Lipinski definition) is 5. The molecular formula is C16H20N4O3. The van der Waals surface area contributed by atoms with Crippen molar-refractivity contribution in [2.45, 2.75) is 26.8 Å². The maximum absolute atomic E-state index is 12.1. The van der Waals surface area contributed by atoms with E-state index in [9.17, 15) is 9.59 Å². The van der Waals surface area contributed by atoms with Gasteiger partial charge in [-0.25, -0.2) is 0 Å². The third-order valence-electron chi connectivity index (χ3n) is 3.24. The highest BCUT2D eigenvalue weighted by atomic mass is 16.5. The molecule has 0 spiro atoms. The summed E-state index contributed by atoms with van der Waals surface area (Å²) in [5.74, 6) is 0.334. The van der Waals surface area contributed by atoms with Crippen molar-refractivity contribution in [1.29, 1.82) is 0 Å². The van der Waals surface area contributed by atoms with Crippen molar-refractivity contribution in [2.24, 2.45) is 5.92 Å². The van der Waals surface area contributed by atoms with Gasteiger partial charge in [0.1, 0.15) is 6.04 Å². The summed E-state index contributed by atoms with van der Waals surface area (Å²) in [6.07, 6.45) is 0. The zero-order valence-electron chi connectivity index (χ0n) is 13.4. The fourth-order valence-electron chi connectivity index (χ4n) is 2.03. The second-order valence-corrected chi connectivity index (χ2v) is 5.52. The number of hydrogen-bond donors (Lipinski definition) is 2. The standard InChI is InChI=1S/C16H20N4O3/c1-10(2)14(16-18-11(3)20-23-16)19-13(21)9-17-15(22)12-7-5-4-6-8-12/h4-8,10,14H,9H2,1-3H3,(H,17,22)(H,19,21)/t14-/m0/s1. The number of carbonyl (C=O) groups is 2. The highest BCUT2D eigenvalue weighted by Crippen LogP contribution is 2.19. The van der Waals surface area contributed by atoms with Gasteiger partial charge in [-0.15, -0.1) is 0 Å². The van der Waals surface area contributed by atoms with Crippen LogP contribution < -0.4 is 10.6 Å². The minimum absolute atomic E-state index is 0.0728. The summed E-state index contributed by atoms with van der Waals surface area (Å²) in [7, 11) is 0. The van der Waals surface area contributed by atoms with E-state index in [4.69, 9.17) is 4.52 Å². The Morgan fingerprint density at radius 3 is 2.48 bits per heavy atom. The van der Waals surface area contributed by atoms with Crippen LogP contribution in [-0.4, -0.2) is 28.5 Å². The number of rotatable bonds is 6. The zero-order chi connectivity index (χ0) is 16.8. The first-order valence-electron chi connectivity index (χ1n) is 7.40. The van der Waals surface area contributed by atoms with Gasteiger partial charge in [0.2, 0.25) is 11.8 Å². The van der Waals surface area contributed by atoms with Crippen LogP contribution in [0.15, 0.2) is 34.9 Å². The van der Waals surface area contributed by atoms with E-state index in [2.05, 4.69) is 20.8 Å². The molecule has 0 saturated heterocycles. The smallest absolute Gasteiger partial charge is 0.251 e. The van der Waals surface area contributed by atoms with Crippen LogP contribution in [0.4, 0.5) is 0 Å². The zero-order valence-corrected chi connectivity index (χ0v) is 13.4. The number of amides is 2. The SMILES string of the molecule is Cc1noc([C@@H](NC(=O)CNC(=O)c2ccccc2)C(C)C)n1. The fraction of sp³-hybridized carbons (Fsp3) is 0.375. The summed E-state index contributed by atoms with van der Waals surface area (Å²) in [5, 5.41) is 9.12. The number of nitrogens with one attached hydrogen (secondary N) is 2. The van der Waals surface area contributed by atoms with Crippen LogP contribution in [0.25, 0.3) is 0 Å². The van der Waals surface area contributed by atoms with E-state index in [-0.39, 0.29) is 24.3 Å². The lowest BCUT2D eigenvalue weighted by Crippen LogP contribution is -2.40. The summed E-state index contributed by atoms with van der Waals surface area (Å²) in [4.78, 5) is 28.1. The third kappa shape index (κ3) is 4.64. The van der Waals surface area contributed by atoms with Crippen molar-refractivity contribution >= 4 is 11.8 Å². The lowest BCUT2D eigenvalue weighted by Gasteiger charge is -2.18. The van der Waals surface area contributed by atoms with Crippen molar-refractivity contribution in [3.05, 3.63) is 47.6 Å². The molecule has 0 aliphatic carbocycles. The number of aryl methyl sites for hydroxylation is 1. The third-order valence-corrected chi connectivity index (χ3v) is 3.24. The van der Waals surface area contributed by atoms with Gasteiger partial charge in [0.05, 0.1) is 6.54 Å². The summed E-state index contributed by atoms with van der Waals surface area (Å²) >= 11 is 0. The summed E-state index contributed by atoms with van der Waals surface area (Å²) in [5.41, 5.74) is 0.508. The number of aromatic nitrogens is 2. The average molecular weight is 316 g/mol. The van der Waals surface area contributed by atoms with Crippen LogP contribution in [0.5, 0.6) is 0 Å². The van der Waals surface area contributed by atoms with E-state index in [1.54, 1.807) is 31.2 Å². The molecule has 23 heavy (non-hydrogen) atoms. The van der Waals surface area contributed by atoms with Gasteiger partial charge >= 0.3 is 0 Å². The molecule has 0 fully saturated rings. The van der Waals surface area contributed by atoms with Gasteiger partial charge in [0, 0.05) is 5.56 Å². The molecule has 1 atom stereocenters. The molecule has 2 aromatic rings. The number of benzene rings is 1. The van der Waals surface area contributed by atoms with Crippen molar-refractivity contribution in [3.63, 3.8) is 0 Å². The van der Waals surface area contributed by atoms with Crippen LogP contribution in [0.1, 0.15) is 42.0 Å². The quantitative estimate of drug-likeness (QED) is 0.844. The molecule has 0 aliphatic heterocycles. The summed E-state index contributed by atoms with van der Waals surface area (Å²) in [6.45, 7) is 5.47. The Balaban J connectivity index is 1.91. The predicted molar refractivity (Wildman–Crippen MR) is 83.5 cm³/mol. The van der Waals surface area contributed by atoms with Gasteiger partial charge in [-0.05, 0) is 25.0 Å². The van der Waals surface area contributed by atoms with Crippen molar-refractivity contribution in [1.82, 2.24) is 20.8 Å². The Labute approximate surface area is 134 Å². The monoisotopic (exact) mass is 316 g/mol. The van der Waals surface area contributed by atoms with Crippen molar-refractivity contribution in [3.8, 4) is 0 Å². The van der Waals surface area contributed by atoms with Crippen molar-refractivity contribution < 1.29 is 14.1 Å². The lowest BCUT2D eigenvalue weighted by atomic mass is 10.0. The van der Waals surface area contributed by atoms with Crippen LogP contribution in [0.2, 0.25) is 0 Å². The molecule has 1 aromatic carbocycles. The topological polar surface area (TPSA) is 97.1 Å². The molecule has 0 unspecified atom stereocenters. The van der Waals surface area contributed by atoms with E-state index < -0.39 is 6.04 Å². The molecule has 0 bridgehead atoms. The molecular weight excluding hydrogens is 296 g/mol. The van der Waals surface area contributed by atoms with Gasteiger partial charge in [-0.3, -0.25) is 9.59 Å². The van der Waals surface area contributed by atoms with E-state index in [0.717, 1.165) is 0 Å². The fourth-order valence-corrected chi connectivity index (χ4v) is 2.03. The predicted octanol–water partition coefficient (Wildman–Crippen LogP) is 1.62. The van der Waals surface area contributed by atoms with Gasteiger partial charge < -0.3 is 15.2 Å². The summed E-state index contributed by atoms with van der Waals surface area (Å²) in [6, 6.07) is 8.33. The van der Waals surface area contributed by atoms with E-state index in [1.807, 2.05) is 19.9 Å². The second-order valence-electron chi connectivity index (χ2n) is 5.52. The highest BCUT2D eigenvalue weighted by Gasteiger charge is 2.24. The van der Waals surface area contributed by atoms with E-state index in [1.165, 1.54) is 0 Å². The first-order chi connectivity index (χ1) is 11.0. The minimum atomic E-state index is -0.391. The summed E-state index contributed by atoms with van der Waals surface area (Å²) < 4.78 is 5.12. The second kappa shape index (κ2) is 7.53. The average Bonchev–Trinajstić information content (AvgIpc) is 2.97. The number of nitrogens with zero attached hydrogens (tertiary/aromatic N) is 2. The Bertz CT molecular complexity index is 667. The normalized spacial score (nSPS) is 12.0. The molecule has 1 heterocycles. The lowest BCUT2D eigenvalue weighted by molar-refractivity contribution is -0.121. The Hall–Kier alpha value is -2.70. The van der Waals surface area contributed by atoms with E-state index in [0.29, 0.717) is 17.3 Å². The first-order valence-corrected chi connectivity index (χ1v) is 7.40. The van der Waals surface area contributed by atoms with Crippen LogP contribution in [0.3, 0.4) is 0 Å². The molecule has 2 N–H and O–H groups in total. The molecule has 0 saturated carbocycles. The van der Waals surface area contributed by atoms with Crippen molar-refractivity contribution in [2.75, 3.05) is 6.54 Å². The maximum Gasteiger partial charge on any atom is 0.251 e. The van der Waals surface area contributed by atoms with Gasteiger partial charge in [-0.1, -0.05) is 37.2 Å². The molecule has 0 radical (unpaired) electrons. The van der Waals surface area contributed by atoms with E-state index >= 15 is 0 Å². The molecule has 122 valence electrons. The molecule has 1 aromatic heterocycles. The van der Waals surface area contributed by atoms with Gasteiger partial charge in [0.25, 0.3) is 5.91 Å². The highest BCUT2D eigenvalue weighted by molar-refractivity contribution is 5.96.